The van der Waals surface area contributed by atoms with E-state index in [1.165, 1.54) is 32.9 Å². The van der Waals surface area contributed by atoms with Crippen molar-refractivity contribution in [2.24, 2.45) is 4.99 Å². The van der Waals surface area contributed by atoms with Gasteiger partial charge in [0.2, 0.25) is 0 Å². The monoisotopic (exact) mass is 482 g/mol. The molecule has 1 aliphatic heterocycles. The Bertz CT molecular complexity index is 1630. The Morgan fingerprint density at radius 2 is 1.88 bits per heavy atom. The third kappa shape index (κ3) is 3.54. The molecule has 0 saturated carbocycles. The van der Waals surface area contributed by atoms with Gasteiger partial charge in [-0.25, -0.2) is 4.99 Å². The van der Waals surface area contributed by atoms with Crippen LogP contribution in [0.15, 0.2) is 93.1 Å². The molecule has 0 saturated heterocycles. The third-order valence-corrected chi connectivity index (χ3v) is 8.20. The molecule has 0 radical (unpaired) electrons. The highest BCUT2D eigenvalue weighted by molar-refractivity contribution is 7.98. The topological polar surface area (TPSA) is 54.6 Å². The molecular formula is C28H22N2O2S2. The minimum atomic E-state index is -0.179. The van der Waals surface area contributed by atoms with Crippen LogP contribution in [0.25, 0.3) is 11.8 Å². The number of fused-ring (bicyclic) bond motifs is 3. The van der Waals surface area contributed by atoms with Gasteiger partial charge in [-0.2, -0.15) is 0 Å². The van der Waals surface area contributed by atoms with Gasteiger partial charge in [0.05, 0.1) is 16.3 Å². The van der Waals surface area contributed by atoms with E-state index in [0.29, 0.717) is 9.33 Å². The minimum absolute atomic E-state index is 0.0450. The van der Waals surface area contributed by atoms with Gasteiger partial charge < -0.3 is 5.11 Å². The minimum Gasteiger partial charge on any atom is -0.508 e. The second-order valence-electron chi connectivity index (χ2n) is 8.48. The summed E-state index contributed by atoms with van der Waals surface area (Å²) in [6.45, 7) is 0. The summed E-state index contributed by atoms with van der Waals surface area (Å²) >= 11 is 3.12. The molecule has 1 aliphatic carbocycles. The van der Waals surface area contributed by atoms with E-state index < -0.39 is 0 Å². The quantitative estimate of drug-likeness (QED) is 0.429. The number of rotatable bonds is 3. The highest BCUT2D eigenvalue weighted by atomic mass is 32.2. The first kappa shape index (κ1) is 21.2. The molecule has 1 atom stereocenters. The lowest BCUT2D eigenvalue weighted by atomic mass is 9.83. The van der Waals surface area contributed by atoms with E-state index in [0.717, 1.165) is 29.7 Å². The number of aromatic hydroxyl groups is 1. The van der Waals surface area contributed by atoms with Gasteiger partial charge in [0, 0.05) is 10.5 Å². The Labute approximate surface area is 205 Å². The van der Waals surface area contributed by atoms with Gasteiger partial charge in [-0.1, -0.05) is 59.9 Å². The number of benzene rings is 3. The summed E-state index contributed by atoms with van der Waals surface area (Å²) in [6.07, 6.45) is 5.73. The molecule has 2 aliphatic rings. The van der Waals surface area contributed by atoms with Crippen LogP contribution in [-0.2, 0) is 6.42 Å². The molecule has 4 nitrogen and oxygen atoms in total. The van der Waals surface area contributed by atoms with Gasteiger partial charge in [0.1, 0.15) is 5.75 Å². The third-order valence-electron chi connectivity index (χ3n) is 6.47. The van der Waals surface area contributed by atoms with Crippen molar-refractivity contribution in [2.45, 2.75) is 23.8 Å². The van der Waals surface area contributed by atoms with Crippen LogP contribution in [0.1, 0.15) is 34.7 Å². The van der Waals surface area contributed by atoms with Gasteiger partial charge in [0.15, 0.2) is 4.80 Å². The summed E-state index contributed by atoms with van der Waals surface area (Å²) in [7, 11) is 0. The van der Waals surface area contributed by atoms with Crippen molar-refractivity contribution in [2.75, 3.05) is 6.26 Å². The summed E-state index contributed by atoms with van der Waals surface area (Å²) in [5.41, 5.74) is 6.53. The number of phenolic OH excluding ortho intramolecular Hbond substituents is 1. The molecule has 3 aromatic carbocycles. The predicted molar refractivity (Wildman–Crippen MR) is 139 cm³/mol. The average Bonchev–Trinajstić information content (AvgIpc) is 3.17. The van der Waals surface area contributed by atoms with E-state index in [2.05, 4.69) is 54.8 Å². The zero-order valence-electron chi connectivity index (χ0n) is 18.6. The van der Waals surface area contributed by atoms with E-state index >= 15 is 0 Å². The van der Waals surface area contributed by atoms with Crippen molar-refractivity contribution in [3.05, 3.63) is 120 Å². The van der Waals surface area contributed by atoms with Crippen LogP contribution in [0, 0.1) is 0 Å². The lowest BCUT2D eigenvalue weighted by Gasteiger charge is -2.30. The van der Waals surface area contributed by atoms with Crippen molar-refractivity contribution in [3.8, 4) is 5.75 Å². The second-order valence-corrected chi connectivity index (χ2v) is 10.4. The largest absolute Gasteiger partial charge is 0.508 e. The van der Waals surface area contributed by atoms with E-state index in [4.69, 9.17) is 4.99 Å². The molecule has 1 unspecified atom stereocenters. The maximum atomic E-state index is 13.7. The summed E-state index contributed by atoms with van der Waals surface area (Å²) < 4.78 is 2.48. The molecule has 2 heterocycles. The summed E-state index contributed by atoms with van der Waals surface area (Å²) in [5.74, 6) is 0.181. The molecule has 0 amide bonds. The fourth-order valence-corrected chi connectivity index (χ4v) is 6.28. The van der Waals surface area contributed by atoms with E-state index in [-0.39, 0.29) is 17.4 Å². The van der Waals surface area contributed by atoms with E-state index in [1.54, 1.807) is 30.0 Å². The summed E-state index contributed by atoms with van der Waals surface area (Å²) in [4.78, 5) is 20.7. The molecule has 1 aromatic heterocycles. The fourth-order valence-electron chi connectivity index (χ4n) is 4.87. The lowest BCUT2D eigenvalue weighted by molar-refractivity contribution is 0.475. The van der Waals surface area contributed by atoms with Crippen molar-refractivity contribution in [1.29, 1.82) is 0 Å². The van der Waals surface area contributed by atoms with Gasteiger partial charge in [-0.05, 0) is 71.7 Å². The second kappa shape index (κ2) is 8.46. The predicted octanol–water partition coefficient (Wildman–Crippen LogP) is 4.75. The zero-order valence-corrected chi connectivity index (χ0v) is 20.2. The number of thiazole rings is 1. The Hall–Kier alpha value is -3.35. The number of aromatic nitrogens is 1. The van der Waals surface area contributed by atoms with Gasteiger partial charge in [0.25, 0.3) is 5.56 Å². The van der Waals surface area contributed by atoms with Crippen LogP contribution in [-0.4, -0.2) is 15.9 Å². The average molecular weight is 483 g/mol. The molecule has 0 spiro atoms. The first-order chi connectivity index (χ1) is 16.6. The number of thioether (sulfide) groups is 1. The van der Waals surface area contributed by atoms with Crippen LogP contribution >= 0.6 is 23.1 Å². The van der Waals surface area contributed by atoms with Crippen molar-refractivity contribution >= 4 is 34.9 Å². The molecule has 168 valence electrons. The number of nitrogens with zero attached hydrogens (tertiary/aromatic N) is 2. The SMILES string of the molecule is CSc1ccc(C2C3=C(N=c4s/c(=C\c5cccc(O)c5)c(=O)n42)c2ccccc2CC3)cc1. The molecule has 4 aromatic rings. The molecule has 0 fully saturated rings. The van der Waals surface area contributed by atoms with E-state index in [9.17, 15) is 9.90 Å². The maximum absolute atomic E-state index is 13.7. The fraction of sp³-hybridized carbons (Fsp3) is 0.143. The number of phenols is 1. The van der Waals surface area contributed by atoms with Gasteiger partial charge >= 0.3 is 0 Å². The molecule has 0 bridgehead atoms. The zero-order chi connectivity index (χ0) is 23.2. The maximum Gasteiger partial charge on any atom is 0.271 e. The van der Waals surface area contributed by atoms with Gasteiger partial charge in [-0.15, -0.1) is 11.8 Å². The lowest BCUT2D eigenvalue weighted by Crippen LogP contribution is -2.38. The van der Waals surface area contributed by atoms with E-state index in [1.807, 2.05) is 16.7 Å². The van der Waals surface area contributed by atoms with Crippen molar-refractivity contribution < 1.29 is 5.11 Å². The van der Waals surface area contributed by atoms with Crippen molar-refractivity contribution in [1.82, 2.24) is 4.57 Å². The van der Waals surface area contributed by atoms with Crippen molar-refractivity contribution in [3.63, 3.8) is 0 Å². The molecule has 6 heteroatoms. The Morgan fingerprint density at radius 1 is 1.06 bits per heavy atom. The first-order valence-corrected chi connectivity index (χ1v) is 13.2. The molecular weight excluding hydrogens is 460 g/mol. The highest BCUT2D eigenvalue weighted by Crippen LogP contribution is 2.41. The molecule has 6 rings (SSSR count). The summed E-state index contributed by atoms with van der Waals surface area (Å²) in [6, 6.07) is 23.8. The molecule has 1 N–H and O–H groups in total. The Balaban J connectivity index is 1.61. The highest BCUT2D eigenvalue weighted by Gasteiger charge is 2.32. The Morgan fingerprint density at radius 3 is 2.68 bits per heavy atom. The van der Waals surface area contributed by atoms with Crippen LogP contribution in [0.3, 0.4) is 0 Å². The number of hydrogen-bond acceptors (Lipinski definition) is 5. The summed E-state index contributed by atoms with van der Waals surface area (Å²) in [5, 5.41) is 9.86. The number of aryl methyl sites for hydroxylation is 1. The first-order valence-electron chi connectivity index (χ1n) is 11.2. The van der Waals surface area contributed by atoms with Crippen LogP contribution < -0.4 is 14.9 Å². The smallest absolute Gasteiger partial charge is 0.271 e. The van der Waals surface area contributed by atoms with Crippen LogP contribution in [0.5, 0.6) is 5.75 Å². The van der Waals surface area contributed by atoms with Crippen LogP contribution in [0.4, 0.5) is 0 Å². The number of hydrogen-bond donors (Lipinski definition) is 1. The standard InChI is InChI=1S/C28H22N2O2S2/c1-33-21-12-9-19(10-13-21)26-23-14-11-18-6-2-3-8-22(18)25(23)29-28-30(26)27(32)24(34-28)16-17-5-4-7-20(31)15-17/h2-10,12-13,15-16,26,31H,11,14H2,1H3/b24-16-. The normalized spacial score (nSPS) is 17.1. The van der Waals surface area contributed by atoms with Gasteiger partial charge in [-0.3, -0.25) is 9.36 Å². The van der Waals surface area contributed by atoms with Crippen LogP contribution in [0.2, 0.25) is 0 Å². The Kier molecular flexibility index (Phi) is 5.27. The number of allylic oxidation sites excluding steroid dienone is 1. The molecule has 34 heavy (non-hydrogen) atoms.